The highest BCUT2D eigenvalue weighted by Gasteiger charge is 2.26. The molecular weight excluding hydrogens is 412 g/mol. The molecular formula is C20H26N2O5S2. The van der Waals surface area contributed by atoms with Crippen LogP contribution in [-0.4, -0.2) is 47.4 Å². The van der Waals surface area contributed by atoms with Gasteiger partial charge in [0.25, 0.3) is 10.0 Å². The Balaban J connectivity index is 1.80. The molecule has 1 saturated heterocycles. The lowest BCUT2D eigenvalue weighted by Gasteiger charge is -2.26. The first-order chi connectivity index (χ1) is 13.7. The van der Waals surface area contributed by atoms with Crippen molar-refractivity contribution >= 4 is 25.7 Å². The lowest BCUT2D eigenvalue weighted by atomic mass is 10.0. The van der Waals surface area contributed by atoms with E-state index in [0.29, 0.717) is 19.1 Å². The first kappa shape index (κ1) is 21.8. The van der Waals surface area contributed by atoms with Crippen LogP contribution in [-0.2, 0) is 31.2 Å². The molecule has 7 nitrogen and oxygen atoms in total. The number of sulfonamides is 2. The van der Waals surface area contributed by atoms with Crippen LogP contribution in [0.25, 0.3) is 0 Å². The van der Waals surface area contributed by atoms with E-state index in [1.807, 2.05) is 0 Å². The van der Waals surface area contributed by atoms with Crippen molar-refractivity contribution in [2.75, 3.05) is 31.0 Å². The third-order valence-electron chi connectivity index (χ3n) is 4.57. The summed E-state index contributed by atoms with van der Waals surface area (Å²) in [4.78, 5) is 0.179. The molecule has 1 N–H and O–H groups in total. The van der Waals surface area contributed by atoms with Crippen LogP contribution in [0.3, 0.4) is 0 Å². The van der Waals surface area contributed by atoms with Crippen molar-refractivity contribution in [3.63, 3.8) is 0 Å². The van der Waals surface area contributed by atoms with Gasteiger partial charge in [-0.1, -0.05) is 32.0 Å². The van der Waals surface area contributed by atoms with Gasteiger partial charge in [-0.2, -0.15) is 4.31 Å². The van der Waals surface area contributed by atoms with Crippen molar-refractivity contribution < 1.29 is 21.6 Å². The lowest BCUT2D eigenvalue weighted by molar-refractivity contribution is 0.0730. The predicted octanol–water partition coefficient (Wildman–Crippen LogP) is 2.71. The Morgan fingerprint density at radius 1 is 0.966 bits per heavy atom. The summed E-state index contributed by atoms with van der Waals surface area (Å²) in [6.45, 7) is 5.45. The topological polar surface area (TPSA) is 92.8 Å². The Bertz CT molecular complexity index is 1040. The molecule has 2 aromatic carbocycles. The molecule has 0 atom stereocenters. The number of ether oxygens (including phenoxy) is 1. The zero-order valence-electron chi connectivity index (χ0n) is 16.5. The first-order valence-corrected chi connectivity index (χ1v) is 12.4. The van der Waals surface area contributed by atoms with Crippen LogP contribution in [0.1, 0.15) is 19.4 Å². The molecule has 158 valence electrons. The Morgan fingerprint density at radius 3 is 2.24 bits per heavy atom. The summed E-state index contributed by atoms with van der Waals surface area (Å²) in [5.74, 6) is 0.478. The Hall–Kier alpha value is -1.94. The minimum atomic E-state index is -3.82. The van der Waals surface area contributed by atoms with E-state index >= 15 is 0 Å². The van der Waals surface area contributed by atoms with Crippen molar-refractivity contribution in [1.29, 1.82) is 0 Å². The molecule has 3 rings (SSSR count). The second kappa shape index (κ2) is 8.83. The largest absolute Gasteiger partial charge is 0.379 e. The van der Waals surface area contributed by atoms with Gasteiger partial charge in [0.2, 0.25) is 10.0 Å². The predicted molar refractivity (Wildman–Crippen MR) is 112 cm³/mol. The molecule has 0 amide bonds. The Kier molecular flexibility index (Phi) is 6.62. The van der Waals surface area contributed by atoms with Crippen molar-refractivity contribution in [3.05, 3.63) is 54.1 Å². The molecule has 0 bridgehead atoms. The second-order valence-corrected chi connectivity index (χ2v) is 11.0. The molecule has 29 heavy (non-hydrogen) atoms. The molecule has 1 aliphatic rings. The van der Waals surface area contributed by atoms with Gasteiger partial charge in [-0.25, -0.2) is 16.8 Å². The van der Waals surface area contributed by atoms with Crippen molar-refractivity contribution in [3.8, 4) is 0 Å². The molecule has 0 unspecified atom stereocenters. The van der Waals surface area contributed by atoms with Gasteiger partial charge in [-0.05, 0) is 48.2 Å². The van der Waals surface area contributed by atoms with Crippen LogP contribution in [0, 0.1) is 5.92 Å². The number of nitrogens with one attached hydrogen (secondary N) is 1. The maximum absolute atomic E-state index is 12.8. The molecule has 0 aromatic heterocycles. The molecule has 0 radical (unpaired) electrons. The van der Waals surface area contributed by atoms with Crippen LogP contribution in [0.5, 0.6) is 0 Å². The fourth-order valence-electron chi connectivity index (χ4n) is 3.15. The molecule has 0 saturated carbocycles. The molecule has 9 heteroatoms. The standard InChI is InChI=1S/C20H26N2O5S2/c1-16(2)14-17-6-8-19(9-7-17)28(23,24)21-18-4-3-5-20(15-18)29(25,26)22-10-12-27-13-11-22/h3-9,15-16,21H,10-14H2,1-2H3. The molecule has 1 heterocycles. The van der Waals surface area contributed by atoms with Gasteiger partial charge >= 0.3 is 0 Å². The normalized spacial score (nSPS) is 16.1. The second-order valence-electron chi connectivity index (χ2n) is 7.39. The van der Waals surface area contributed by atoms with Crippen LogP contribution in [0.15, 0.2) is 58.3 Å². The third-order valence-corrected chi connectivity index (χ3v) is 7.86. The number of hydrogen-bond donors (Lipinski definition) is 1. The number of rotatable bonds is 7. The summed E-state index contributed by atoms with van der Waals surface area (Å²) >= 11 is 0. The van der Waals surface area contributed by atoms with E-state index in [4.69, 9.17) is 4.74 Å². The molecule has 0 spiro atoms. The number of morpholine rings is 1. The Morgan fingerprint density at radius 2 is 1.62 bits per heavy atom. The van der Waals surface area contributed by atoms with E-state index in [1.165, 1.54) is 28.6 Å². The number of hydrogen-bond acceptors (Lipinski definition) is 5. The van der Waals surface area contributed by atoms with Gasteiger partial charge < -0.3 is 4.74 Å². The van der Waals surface area contributed by atoms with E-state index < -0.39 is 20.0 Å². The monoisotopic (exact) mass is 438 g/mol. The third kappa shape index (κ3) is 5.36. The maximum Gasteiger partial charge on any atom is 0.261 e. The van der Waals surface area contributed by atoms with Crippen molar-refractivity contribution in [2.24, 2.45) is 5.92 Å². The number of nitrogens with zero attached hydrogens (tertiary/aromatic N) is 1. The lowest BCUT2D eigenvalue weighted by Crippen LogP contribution is -2.40. The summed E-state index contributed by atoms with van der Waals surface area (Å²) in [5.41, 5.74) is 1.27. The highest BCUT2D eigenvalue weighted by Crippen LogP contribution is 2.23. The van der Waals surface area contributed by atoms with Crippen molar-refractivity contribution in [1.82, 2.24) is 4.31 Å². The summed E-state index contributed by atoms with van der Waals surface area (Å²) in [5, 5.41) is 0. The smallest absolute Gasteiger partial charge is 0.261 e. The zero-order valence-corrected chi connectivity index (χ0v) is 18.2. The quantitative estimate of drug-likeness (QED) is 0.718. The number of benzene rings is 2. The summed E-state index contributed by atoms with van der Waals surface area (Å²) in [6, 6.07) is 12.6. The average molecular weight is 439 g/mol. The summed E-state index contributed by atoms with van der Waals surface area (Å²) in [7, 11) is -7.53. The van der Waals surface area contributed by atoms with E-state index in [-0.39, 0.29) is 28.6 Å². The van der Waals surface area contributed by atoms with Gasteiger partial charge in [0.05, 0.1) is 28.7 Å². The summed E-state index contributed by atoms with van der Waals surface area (Å²) in [6.07, 6.45) is 0.870. The van der Waals surface area contributed by atoms with Gasteiger partial charge in [-0.15, -0.1) is 0 Å². The van der Waals surface area contributed by atoms with Crippen LogP contribution < -0.4 is 4.72 Å². The minimum absolute atomic E-state index is 0.0480. The fourth-order valence-corrected chi connectivity index (χ4v) is 5.65. The molecule has 2 aromatic rings. The van der Waals surface area contributed by atoms with Crippen molar-refractivity contribution in [2.45, 2.75) is 30.1 Å². The minimum Gasteiger partial charge on any atom is -0.379 e. The van der Waals surface area contributed by atoms with Gasteiger partial charge in [0, 0.05) is 13.1 Å². The highest BCUT2D eigenvalue weighted by molar-refractivity contribution is 7.92. The molecule has 1 aliphatic heterocycles. The zero-order chi connectivity index (χ0) is 21.1. The van der Waals surface area contributed by atoms with Gasteiger partial charge in [-0.3, -0.25) is 4.72 Å². The van der Waals surface area contributed by atoms with Gasteiger partial charge in [0.1, 0.15) is 0 Å². The SMILES string of the molecule is CC(C)Cc1ccc(S(=O)(=O)Nc2cccc(S(=O)(=O)N3CCOCC3)c2)cc1. The average Bonchev–Trinajstić information content (AvgIpc) is 2.68. The van der Waals surface area contributed by atoms with E-state index in [1.54, 1.807) is 24.3 Å². The van der Waals surface area contributed by atoms with Crippen LogP contribution >= 0.6 is 0 Å². The fraction of sp³-hybridized carbons (Fsp3) is 0.400. The maximum atomic E-state index is 12.8. The molecule has 0 aliphatic carbocycles. The number of anilines is 1. The van der Waals surface area contributed by atoms with E-state index in [2.05, 4.69) is 18.6 Å². The Labute approximate surface area is 172 Å². The van der Waals surface area contributed by atoms with Crippen LogP contribution in [0.2, 0.25) is 0 Å². The van der Waals surface area contributed by atoms with Crippen LogP contribution in [0.4, 0.5) is 5.69 Å². The van der Waals surface area contributed by atoms with Gasteiger partial charge in [0.15, 0.2) is 0 Å². The van der Waals surface area contributed by atoms with E-state index in [0.717, 1.165) is 12.0 Å². The summed E-state index contributed by atoms with van der Waals surface area (Å²) < 4.78 is 60.0. The first-order valence-electron chi connectivity index (χ1n) is 9.48. The molecule has 1 fully saturated rings. The highest BCUT2D eigenvalue weighted by atomic mass is 32.2. The van der Waals surface area contributed by atoms with E-state index in [9.17, 15) is 16.8 Å².